The summed E-state index contributed by atoms with van der Waals surface area (Å²) in [5.41, 5.74) is 0.248. The molecule has 0 aliphatic heterocycles. The third-order valence-corrected chi connectivity index (χ3v) is 3.87. The summed E-state index contributed by atoms with van der Waals surface area (Å²) < 4.78 is 0.540. The molecule has 0 unspecified atom stereocenters. The zero-order valence-corrected chi connectivity index (χ0v) is 11.0. The number of anilines is 1. The van der Waals surface area contributed by atoms with Gasteiger partial charge in [0.05, 0.1) is 10.0 Å². The first kappa shape index (κ1) is 12.4. The Morgan fingerprint density at radius 3 is 2.76 bits per heavy atom. The first-order chi connectivity index (χ1) is 8.18. The van der Waals surface area contributed by atoms with Crippen LogP contribution >= 0.6 is 15.9 Å². The van der Waals surface area contributed by atoms with Gasteiger partial charge >= 0.3 is 5.97 Å². The summed E-state index contributed by atoms with van der Waals surface area (Å²) in [7, 11) is 0. The summed E-state index contributed by atoms with van der Waals surface area (Å²) >= 11 is 3.30. The number of carboxylic acid groups (broad SMARTS) is 1. The highest BCUT2D eigenvalue weighted by molar-refractivity contribution is 9.10. The predicted octanol–water partition coefficient (Wildman–Crippen LogP) is 3.29. The van der Waals surface area contributed by atoms with E-state index in [4.69, 9.17) is 5.11 Å². The molecule has 17 heavy (non-hydrogen) atoms. The Kier molecular flexibility index (Phi) is 3.99. The minimum atomic E-state index is -0.939. The second-order valence-electron chi connectivity index (χ2n) is 4.31. The van der Waals surface area contributed by atoms with E-state index < -0.39 is 5.97 Å². The van der Waals surface area contributed by atoms with Gasteiger partial charge in [-0.15, -0.1) is 0 Å². The van der Waals surface area contributed by atoms with Gasteiger partial charge in [-0.3, -0.25) is 0 Å². The van der Waals surface area contributed by atoms with Gasteiger partial charge in [0, 0.05) is 12.2 Å². The molecule has 2 rings (SSSR count). The van der Waals surface area contributed by atoms with Crippen LogP contribution in [0.2, 0.25) is 0 Å². The second kappa shape index (κ2) is 5.49. The highest BCUT2D eigenvalue weighted by Crippen LogP contribution is 2.27. The van der Waals surface area contributed by atoms with Gasteiger partial charge in [-0.2, -0.15) is 0 Å². The molecule has 0 radical (unpaired) electrons. The number of aromatic carboxylic acids is 1. The zero-order chi connectivity index (χ0) is 12.3. The summed E-state index contributed by atoms with van der Waals surface area (Å²) in [6.07, 6.45) is 7.54. The third kappa shape index (κ3) is 2.97. The second-order valence-corrected chi connectivity index (χ2v) is 5.10. The van der Waals surface area contributed by atoms with Crippen molar-refractivity contribution in [2.24, 2.45) is 0 Å². The molecule has 2 N–H and O–H groups in total. The smallest absolute Gasteiger partial charge is 0.337 e. The maximum atomic E-state index is 11.0. The molecule has 4 nitrogen and oxygen atoms in total. The number of halogens is 1. The first-order valence-corrected chi connectivity index (χ1v) is 6.62. The molecule has 0 spiro atoms. The Morgan fingerprint density at radius 2 is 2.12 bits per heavy atom. The van der Waals surface area contributed by atoms with Crippen LogP contribution in [0.25, 0.3) is 0 Å². The van der Waals surface area contributed by atoms with Crippen LogP contribution in [0.4, 0.5) is 5.82 Å². The van der Waals surface area contributed by atoms with Gasteiger partial charge in [-0.05, 0) is 34.8 Å². The highest BCUT2D eigenvalue weighted by atomic mass is 79.9. The maximum Gasteiger partial charge on any atom is 0.337 e. The molecule has 1 aliphatic carbocycles. The lowest BCUT2D eigenvalue weighted by atomic mass is 9.95. The van der Waals surface area contributed by atoms with Crippen molar-refractivity contribution in [3.05, 3.63) is 22.3 Å². The topological polar surface area (TPSA) is 62.2 Å². The van der Waals surface area contributed by atoms with E-state index in [1.165, 1.54) is 31.5 Å². The quantitative estimate of drug-likeness (QED) is 0.899. The number of carboxylic acids is 1. The summed E-state index contributed by atoms with van der Waals surface area (Å²) in [5.74, 6) is -0.303. The minimum absolute atomic E-state index is 0.248. The van der Waals surface area contributed by atoms with E-state index in [0.717, 1.165) is 12.8 Å². The Morgan fingerprint density at radius 1 is 1.41 bits per heavy atom. The molecule has 5 heteroatoms. The SMILES string of the molecule is O=C(O)c1ccnc(NC2CCCCC2)c1Br. The van der Waals surface area contributed by atoms with E-state index in [2.05, 4.69) is 26.2 Å². The van der Waals surface area contributed by atoms with E-state index in [9.17, 15) is 4.79 Å². The van der Waals surface area contributed by atoms with Crippen molar-refractivity contribution in [1.29, 1.82) is 0 Å². The van der Waals surface area contributed by atoms with E-state index in [0.29, 0.717) is 16.3 Å². The van der Waals surface area contributed by atoms with Crippen molar-refractivity contribution in [2.75, 3.05) is 5.32 Å². The number of nitrogens with one attached hydrogen (secondary N) is 1. The normalized spacial score (nSPS) is 16.8. The average molecular weight is 299 g/mol. The predicted molar refractivity (Wildman–Crippen MR) is 69.4 cm³/mol. The molecule has 0 bridgehead atoms. The van der Waals surface area contributed by atoms with Crippen molar-refractivity contribution in [3.8, 4) is 0 Å². The molecule has 1 aliphatic rings. The number of hydrogen-bond donors (Lipinski definition) is 2. The molecular formula is C12H15BrN2O2. The van der Waals surface area contributed by atoms with Gasteiger partial charge in [-0.1, -0.05) is 19.3 Å². The van der Waals surface area contributed by atoms with E-state index >= 15 is 0 Å². The van der Waals surface area contributed by atoms with Crippen LogP contribution in [-0.4, -0.2) is 22.1 Å². The van der Waals surface area contributed by atoms with Crippen LogP contribution in [0, 0.1) is 0 Å². The first-order valence-electron chi connectivity index (χ1n) is 5.83. The van der Waals surface area contributed by atoms with Gasteiger partial charge in [0.25, 0.3) is 0 Å². The molecule has 0 amide bonds. The Balaban J connectivity index is 2.15. The monoisotopic (exact) mass is 298 g/mol. The fourth-order valence-electron chi connectivity index (χ4n) is 2.15. The Labute approximate surface area is 109 Å². The van der Waals surface area contributed by atoms with E-state index in [1.54, 1.807) is 0 Å². The number of pyridine rings is 1. The molecule has 1 heterocycles. The molecule has 1 aromatic rings. The van der Waals surface area contributed by atoms with Gasteiger partial charge in [0.1, 0.15) is 5.82 Å². The van der Waals surface area contributed by atoms with Crippen LogP contribution in [0.3, 0.4) is 0 Å². The lowest BCUT2D eigenvalue weighted by Gasteiger charge is -2.23. The van der Waals surface area contributed by atoms with Crippen molar-refractivity contribution in [1.82, 2.24) is 4.98 Å². The zero-order valence-electron chi connectivity index (χ0n) is 9.45. The van der Waals surface area contributed by atoms with Gasteiger partial charge in [0.2, 0.25) is 0 Å². The molecule has 0 aromatic carbocycles. The average Bonchev–Trinajstić information content (AvgIpc) is 2.33. The van der Waals surface area contributed by atoms with Crippen molar-refractivity contribution >= 4 is 27.7 Å². The third-order valence-electron chi connectivity index (χ3n) is 3.07. The van der Waals surface area contributed by atoms with Crippen LogP contribution in [0.5, 0.6) is 0 Å². The molecule has 92 valence electrons. The van der Waals surface area contributed by atoms with Gasteiger partial charge in [0.15, 0.2) is 0 Å². The lowest BCUT2D eigenvalue weighted by molar-refractivity contribution is 0.0696. The number of rotatable bonds is 3. The standard InChI is InChI=1S/C12H15BrN2O2/c13-10-9(12(16)17)6-7-14-11(10)15-8-4-2-1-3-5-8/h6-8H,1-5H2,(H,14,15)(H,16,17). The van der Waals surface area contributed by atoms with Gasteiger partial charge in [-0.25, -0.2) is 9.78 Å². The number of nitrogens with zero attached hydrogens (tertiary/aromatic N) is 1. The molecule has 1 saturated carbocycles. The highest BCUT2D eigenvalue weighted by Gasteiger charge is 2.17. The van der Waals surface area contributed by atoms with Crippen molar-refractivity contribution in [3.63, 3.8) is 0 Å². The van der Waals surface area contributed by atoms with Crippen LogP contribution in [0.1, 0.15) is 42.5 Å². The fraction of sp³-hybridized carbons (Fsp3) is 0.500. The Bertz CT molecular complexity index is 417. The van der Waals surface area contributed by atoms with Crippen LogP contribution < -0.4 is 5.32 Å². The van der Waals surface area contributed by atoms with Gasteiger partial charge < -0.3 is 10.4 Å². The fourth-order valence-corrected chi connectivity index (χ4v) is 2.67. The van der Waals surface area contributed by atoms with Crippen LogP contribution in [0.15, 0.2) is 16.7 Å². The minimum Gasteiger partial charge on any atom is -0.478 e. The molecule has 1 aromatic heterocycles. The number of hydrogen-bond acceptors (Lipinski definition) is 3. The summed E-state index contributed by atoms with van der Waals surface area (Å²) in [6, 6.07) is 1.91. The molecular weight excluding hydrogens is 284 g/mol. The van der Waals surface area contributed by atoms with E-state index in [1.807, 2.05) is 0 Å². The number of carbonyl (C=O) groups is 1. The summed E-state index contributed by atoms with van der Waals surface area (Å²) in [6.45, 7) is 0. The molecule has 0 saturated heterocycles. The van der Waals surface area contributed by atoms with Crippen molar-refractivity contribution < 1.29 is 9.90 Å². The molecule has 0 atom stereocenters. The number of aromatic nitrogens is 1. The lowest BCUT2D eigenvalue weighted by Crippen LogP contribution is -2.23. The Hall–Kier alpha value is -1.10. The maximum absolute atomic E-state index is 11.0. The van der Waals surface area contributed by atoms with E-state index in [-0.39, 0.29) is 5.56 Å². The van der Waals surface area contributed by atoms with Crippen molar-refractivity contribution in [2.45, 2.75) is 38.1 Å². The largest absolute Gasteiger partial charge is 0.478 e. The molecule has 1 fully saturated rings. The van der Waals surface area contributed by atoms with Crippen LogP contribution in [-0.2, 0) is 0 Å². The summed E-state index contributed by atoms with van der Waals surface area (Å²) in [5, 5.41) is 12.3. The summed E-state index contributed by atoms with van der Waals surface area (Å²) in [4.78, 5) is 15.2.